The van der Waals surface area contributed by atoms with E-state index < -0.39 is 0 Å². The largest absolute Gasteiger partial charge is 0.294 e. The Labute approximate surface area is 71.8 Å². The van der Waals surface area contributed by atoms with Gasteiger partial charge in [0, 0.05) is 25.9 Å². The van der Waals surface area contributed by atoms with Gasteiger partial charge in [-0.3, -0.25) is 15.3 Å². The van der Waals surface area contributed by atoms with Crippen LogP contribution in [0.5, 0.6) is 0 Å². The van der Waals surface area contributed by atoms with Gasteiger partial charge in [-0.2, -0.15) is 5.10 Å². The Kier molecular flexibility index (Phi) is 1.77. The second kappa shape index (κ2) is 2.79. The first-order valence-electron chi connectivity index (χ1n) is 4.12. The number of likely N-dealkylation sites (N-methyl/N-ethyl adjacent to an activating group) is 1. The van der Waals surface area contributed by atoms with Crippen LogP contribution in [-0.4, -0.2) is 30.4 Å². The van der Waals surface area contributed by atoms with Gasteiger partial charge in [-0.15, -0.1) is 0 Å². The second-order valence-electron chi connectivity index (χ2n) is 3.22. The van der Waals surface area contributed by atoms with E-state index in [1.165, 1.54) is 5.57 Å². The van der Waals surface area contributed by atoms with Gasteiger partial charge in [-0.05, 0) is 12.5 Å². The Hall–Kier alpha value is -1.03. The zero-order chi connectivity index (χ0) is 8.55. The van der Waals surface area contributed by atoms with Gasteiger partial charge in [0.25, 0.3) is 0 Å². The Morgan fingerprint density at radius 1 is 1.75 bits per heavy atom. The van der Waals surface area contributed by atoms with E-state index in [0.29, 0.717) is 6.04 Å². The summed E-state index contributed by atoms with van der Waals surface area (Å²) in [5.41, 5.74) is 4.01. The van der Waals surface area contributed by atoms with Crippen molar-refractivity contribution in [1.29, 1.82) is 0 Å². The molecule has 2 aliphatic heterocycles. The van der Waals surface area contributed by atoms with E-state index in [-0.39, 0.29) is 6.10 Å². The lowest BCUT2D eigenvalue weighted by molar-refractivity contribution is -0.00126. The molecule has 2 heterocycles. The fourth-order valence-corrected chi connectivity index (χ4v) is 1.60. The highest BCUT2D eigenvalue weighted by Gasteiger charge is 2.31. The molecule has 4 nitrogen and oxygen atoms in total. The summed E-state index contributed by atoms with van der Waals surface area (Å²) in [6.07, 6.45) is 4.95. The van der Waals surface area contributed by atoms with Crippen LogP contribution in [0.2, 0.25) is 0 Å². The highest BCUT2D eigenvalue weighted by Crippen LogP contribution is 2.22. The average Bonchev–Trinajstić information content (AvgIpc) is 2.59. The number of rotatable bonds is 1. The first-order chi connectivity index (χ1) is 5.79. The maximum atomic E-state index is 5.36. The van der Waals surface area contributed by atoms with Crippen LogP contribution < -0.4 is 5.48 Å². The van der Waals surface area contributed by atoms with Crippen molar-refractivity contribution in [3.8, 4) is 0 Å². The molecule has 0 aliphatic carbocycles. The molecule has 0 aromatic heterocycles. The lowest BCUT2D eigenvalue weighted by Gasteiger charge is -2.24. The topological polar surface area (TPSA) is 36.9 Å². The zero-order valence-corrected chi connectivity index (χ0v) is 7.32. The second-order valence-corrected chi connectivity index (χ2v) is 3.22. The summed E-state index contributed by atoms with van der Waals surface area (Å²) in [7, 11) is 1.98. The van der Waals surface area contributed by atoms with Crippen LogP contribution in [0.25, 0.3) is 0 Å². The first-order valence-corrected chi connectivity index (χ1v) is 4.12. The van der Waals surface area contributed by atoms with E-state index in [9.17, 15) is 0 Å². The Morgan fingerprint density at radius 3 is 3.08 bits per heavy atom. The Bertz CT molecular complexity index is 236. The van der Waals surface area contributed by atoms with Gasteiger partial charge < -0.3 is 0 Å². The third-order valence-corrected chi connectivity index (χ3v) is 2.37. The summed E-state index contributed by atoms with van der Waals surface area (Å²) >= 11 is 0. The van der Waals surface area contributed by atoms with Crippen LogP contribution in [0, 0.1) is 0 Å². The van der Waals surface area contributed by atoms with Crippen LogP contribution in [0.1, 0.15) is 13.3 Å². The smallest absolute Gasteiger partial charge is 0.130 e. The van der Waals surface area contributed by atoms with Crippen molar-refractivity contribution in [1.82, 2.24) is 10.5 Å². The number of nitrogens with one attached hydrogen (secondary N) is 1. The Morgan fingerprint density at radius 2 is 2.58 bits per heavy atom. The molecule has 0 spiro atoms. The molecular formula is C8H13N3O. The minimum atomic E-state index is 0.150. The van der Waals surface area contributed by atoms with Gasteiger partial charge in [0.1, 0.15) is 6.10 Å². The van der Waals surface area contributed by atoms with Gasteiger partial charge in [0.15, 0.2) is 0 Å². The highest BCUT2D eigenvalue weighted by molar-refractivity contribution is 5.60. The summed E-state index contributed by atoms with van der Waals surface area (Å²) < 4.78 is 0. The predicted octanol–water partition coefficient (Wildman–Crippen LogP) is 0.483. The van der Waals surface area contributed by atoms with Crippen molar-refractivity contribution in [3.63, 3.8) is 0 Å². The van der Waals surface area contributed by atoms with Gasteiger partial charge in [0.05, 0.1) is 6.04 Å². The fourth-order valence-electron chi connectivity index (χ4n) is 1.60. The molecule has 0 saturated carbocycles. The molecule has 4 heteroatoms. The summed E-state index contributed by atoms with van der Waals surface area (Å²) in [6, 6.07) is 0.358. The van der Waals surface area contributed by atoms with Crippen LogP contribution in [-0.2, 0) is 4.84 Å². The van der Waals surface area contributed by atoms with Gasteiger partial charge in [-0.1, -0.05) is 0 Å². The highest BCUT2D eigenvalue weighted by atomic mass is 16.7. The molecule has 0 saturated heterocycles. The molecule has 0 aromatic rings. The predicted molar refractivity (Wildman–Crippen MR) is 46.4 cm³/mol. The third kappa shape index (κ3) is 1.08. The van der Waals surface area contributed by atoms with Crippen molar-refractivity contribution in [2.24, 2.45) is 5.10 Å². The number of hydroxylamine groups is 1. The molecule has 12 heavy (non-hydrogen) atoms. The molecule has 0 radical (unpaired) electrons. The molecule has 2 aliphatic rings. The lowest BCUT2D eigenvalue weighted by atomic mass is 10.0. The molecular weight excluding hydrogens is 154 g/mol. The molecule has 0 amide bonds. The van der Waals surface area contributed by atoms with E-state index in [0.717, 1.165) is 6.42 Å². The van der Waals surface area contributed by atoms with Crippen LogP contribution in [0.3, 0.4) is 0 Å². The summed E-state index contributed by atoms with van der Waals surface area (Å²) in [6.45, 7) is 2.07. The molecule has 0 bridgehead atoms. The van der Waals surface area contributed by atoms with Crippen molar-refractivity contribution >= 4 is 6.21 Å². The average molecular weight is 167 g/mol. The van der Waals surface area contributed by atoms with Crippen LogP contribution in [0.4, 0.5) is 0 Å². The summed E-state index contributed by atoms with van der Waals surface area (Å²) in [4.78, 5) is 5.36. The van der Waals surface area contributed by atoms with Crippen molar-refractivity contribution < 1.29 is 4.84 Å². The fraction of sp³-hybridized carbons (Fsp3) is 0.625. The van der Waals surface area contributed by atoms with E-state index >= 15 is 0 Å². The SMILES string of the molecule is CC1=CNOC1C1CC=NN1C. The quantitative estimate of drug-likeness (QED) is 0.617. The van der Waals surface area contributed by atoms with E-state index in [1.54, 1.807) is 0 Å². The third-order valence-electron chi connectivity index (χ3n) is 2.37. The number of hydrogen-bond acceptors (Lipinski definition) is 4. The lowest BCUT2D eigenvalue weighted by Crippen LogP contribution is -2.37. The van der Waals surface area contributed by atoms with Gasteiger partial charge >= 0.3 is 0 Å². The van der Waals surface area contributed by atoms with E-state index in [2.05, 4.69) is 17.5 Å². The molecule has 0 fully saturated rings. The van der Waals surface area contributed by atoms with Crippen LogP contribution in [0.15, 0.2) is 16.9 Å². The molecule has 0 aromatic carbocycles. The minimum Gasteiger partial charge on any atom is -0.294 e. The van der Waals surface area contributed by atoms with Crippen molar-refractivity contribution in [2.45, 2.75) is 25.5 Å². The standard InChI is InChI=1S/C8H13N3O/c1-6-5-10-12-8(6)7-3-4-9-11(7)2/h4-5,7-8,10H,3H2,1-2H3. The van der Waals surface area contributed by atoms with Gasteiger partial charge in [-0.25, -0.2) is 0 Å². The molecule has 66 valence electrons. The summed E-state index contributed by atoms with van der Waals surface area (Å²) in [5.74, 6) is 0. The maximum Gasteiger partial charge on any atom is 0.130 e. The maximum absolute atomic E-state index is 5.36. The molecule has 2 unspecified atom stereocenters. The van der Waals surface area contributed by atoms with E-state index in [1.807, 2.05) is 24.5 Å². The number of nitrogens with zero attached hydrogens (tertiary/aromatic N) is 2. The normalized spacial score (nSPS) is 33.8. The number of hydrazone groups is 1. The summed E-state index contributed by atoms with van der Waals surface area (Å²) in [5, 5.41) is 6.12. The zero-order valence-electron chi connectivity index (χ0n) is 7.32. The van der Waals surface area contributed by atoms with Crippen molar-refractivity contribution in [2.75, 3.05) is 7.05 Å². The Balaban J connectivity index is 2.06. The minimum absolute atomic E-state index is 0.150. The van der Waals surface area contributed by atoms with Crippen molar-refractivity contribution in [3.05, 3.63) is 11.8 Å². The van der Waals surface area contributed by atoms with Crippen LogP contribution >= 0.6 is 0 Å². The molecule has 2 atom stereocenters. The number of hydrogen-bond donors (Lipinski definition) is 1. The first kappa shape index (κ1) is 7.61. The van der Waals surface area contributed by atoms with Gasteiger partial charge in [0.2, 0.25) is 0 Å². The monoisotopic (exact) mass is 167 g/mol. The van der Waals surface area contributed by atoms with E-state index in [4.69, 9.17) is 4.84 Å². The molecule has 1 N–H and O–H groups in total. The molecule has 2 rings (SSSR count).